The zero-order valence-corrected chi connectivity index (χ0v) is 10.9. The predicted molar refractivity (Wildman–Crippen MR) is 65.9 cm³/mol. The van der Waals surface area contributed by atoms with Gasteiger partial charge >= 0.3 is 5.97 Å². The maximum Gasteiger partial charge on any atom is 0.360 e. The highest BCUT2D eigenvalue weighted by molar-refractivity contribution is 5.92. The molecule has 1 rings (SSSR count). The Hall–Kier alpha value is -1.56. The van der Waals surface area contributed by atoms with Crippen LogP contribution in [0.5, 0.6) is 0 Å². The number of ether oxygens (including phenoxy) is 1. The predicted octanol–water partition coefficient (Wildman–Crippen LogP) is 0.376. The van der Waals surface area contributed by atoms with E-state index in [1.807, 2.05) is 25.6 Å². The molecule has 0 bridgehead atoms. The van der Waals surface area contributed by atoms with Crippen LogP contribution in [-0.2, 0) is 17.7 Å². The van der Waals surface area contributed by atoms with E-state index in [4.69, 9.17) is 5.73 Å². The lowest BCUT2D eigenvalue weighted by molar-refractivity contribution is 0.0595. The van der Waals surface area contributed by atoms with Crippen LogP contribution in [0.3, 0.4) is 0 Å². The minimum Gasteiger partial charge on any atom is -0.464 e. The summed E-state index contributed by atoms with van der Waals surface area (Å²) >= 11 is 0. The van der Waals surface area contributed by atoms with Gasteiger partial charge in [0.15, 0.2) is 5.69 Å². The Balaban J connectivity index is 3.02. The van der Waals surface area contributed by atoms with Gasteiger partial charge in [0.2, 0.25) is 0 Å². The summed E-state index contributed by atoms with van der Waals surface area (Å²) in [5, 5.41) is 0. The van der Waals surface area contributed by atoms with Crippen molar-refractivity contribution in [2.45, 2.75) is 19.9 Å². The van der Waals surface area contributed by atoms with Crippen molar-refractivity contribution in [3.05, 3.63) is 11.5 Å². The van der Waals surface area contributed by atoms with Crippen LogP contribution >= 0.6 is 0 Å². The van der Waals surface area contributed by atoms with Crippen LogP contribution in [0.15, 0.2) is 0 Å². The van der Waals surface area contributed by atoms with E-state index in [0.29, 0.717) is 12.4 Å². The molecular formula is C11H20N4O2. The Labute approximate surface area is 101 Å². The Morgan fingerprint density at radius 1 is 1.53 bits per heavy atom. The SMILES string of the molecule is CCc1nc(C(=O)OC)c(N)n1CCN(C)C. The summed E-state index contributed by atoms with van der Waals surface area (Å²) in [6.07, 6.45) is 0.731. The molecule has 0 aliphatic heterocycles. The van der Waals surface area contributed by atoms with E-state index in [1.54, 1.807) is 0 Å². The first kappa shape index (κ1) is 13.5. The second kappa shape index (κ2) is 5.67. The summed E-state index contributed by atoms with van der Waals surface area (Å²) in [7, 11) is 5.30. The van der Waals surface area contributed by atoms with Crippen molar-refractivity contribution < 1.29 is 9.53 Å². The quantitative estimate of drug-likeness (QED) is 0.753. The van der Waals surface area contributed by atoms with Crippen LogP contribution in [-0.4, -0.2) is 48.2 Å². The number of nitrogen functional groups attached to an aromatic ring is 1. The van der Waals surface area contributed by atoms with Crippen LogP contribution in [0.25, 0.3) is 0 Å². The summed E-state index contributed by atoms with van der Waals surface area (Å²) in [6.45, 7) is 3.54. The first-order valence-electron chi connectivity index (χ1n) is 5.59. The van der Waals surface area contributed by atoms with E-state index >= 15 is 0 Å². The van der Waals surface area contributed by atoms with Crippen molar-refractivity contribution in [2.75, 3.05) is 33.5 Å². The molecule has 0 unspecified atom stereocenters. The number of likely N-dealkylation sites (N-methyl/N-ethyl adjacent to an activating group) is 1. The maximum absolute atomic E-state index is 11.5. The van der Waals surface area contributed by atoms with Gasteiger partial charge in [-0.2, -0.15) is 0 Å². The number of anilines is 1. The number of rotatable bonds is 5. The molecule has 0 aromatic carbocycles. The molecule has 0 spiro atoms. The number of carbonyl (C=O) groups excluding carboxylic acids is 1. The summed E-state index contributed by atoms with van der Waals surface area (Å²) in [5.74, 6) is 0.709. The molecule has 1 aromatic heterocycles. The molecule has 96 valence electrons. The third kappa shape index (κ3) is 2.97. The third-order valence-electron chi connectivity index (χ3n) is 2.55. The third-order valence-corrected chi connectivity index (χ3v) is 2.55. The van der Waals surface area contributed by atoms with Crippen molar-refractivity contribution in [3.63, 3.8) is 0 Å². The fourth-order valence-electron chi connectivity index (χ4n) is 1.58. The summed E-state index contributed by atoms with van der Waals surface area (Å²) in [4.78, 5) is 17.7. The van der Waals surface area contributed by atoms with Gasteiger partial charge in [0.05, 0.1) is 7.11 Å². The molecule has 0 aliphatic rings. The smallest absolute Gasteiger partial charge is 0.360 e. The molecule has 6 heteroatoms. The van der Waals surface area contributed by atoms with E-state index in [-0.39, 0.29) is 5.69 Å². The number of hydrogen-bond acceptors (Lipinski definition) is 5. The molecule has 0 amide bonds. The monoisotopic (exact) mass is 240 g/mol. The minimum absolute atomic E-state index is 0.211. The van der Waals surface area contributed by atoms with Gasteiger partial charge < -0.3 is 19.9 Å². The Kier molecular flexibility index (Phi) is 4.51. The van der Waals surface area contributed by atoms with Gasteiger partial charge in [-0.1, -0.05) is 6.92 Å². The largest absolute Gasteiger partial charge is 0.464 e. The van der Waals surface area contributed by atoms with Crippen LogP contribution in [0.2, 0.25) is 0 Å². The molecule has 0 radical (unpaired) electrons. The van der Waals surface area contributed by atoms with Crippen molar-refractivity contribution in [3.8, 4) is 0 Å². The first-order chi connectivity index (χ1) is 8.01. The second-order valence-corrected chi connectivity index (χ2v) is 4.06. The molecule has 1 heterocycles. The molecule has 17 heavy (non-hydrogen) atoms. The van der Waals surface area contributed by atoms with E-state index in [2.05, 4.69) is 14.6 Å². The molecule has 0 saturated heterocycles. The highest BCUT2D eigenvalue weighted by atomic mass is 16.5. The van der Waals surface area contributed by atoms with Crippen LogP contribution in [0.1, 0.15) is 23.2 Å². The molecule has 2 N–H and O–H groups in total. The molecular weight excluding hydrogens is 220 g/mol. The van der Waals surface area contributed by atoms with Crippen molar-refractivity contribution >= 4 is 11.8 Å². The number of aryl methyl sites for hydroxylation is 1. The summed E-state index contributed by atoms with van der Waals surface area (Å²) < 4.78 is 6.52. The fourth-order valence-corrected chi connectivity index (χ4v) is 1.58. The molecule has 1 aromatic rings. The number of methoxy groups -OCH3 is 1. The average molecular weight is 240 g/mol. The number of carbonyl (C=O) groups is 1. The normalized spacial score (nSPS) is 10.9. The van der Waals surface area contributed by atoms with Crippen LogP contribution in [0.4, 0.5) is 5.82 Å². The van der Waals surface area contributed by atoms with Crippen LogP contribution in [0, 0.1) is 0 Å². The van der Waals surface area contributed by atoms with Crippen molar-refractivity contribution in [2.24, 2.45) is 0 Å². The highest BCUT2D eigenvalue weighted by Crippen LogP contribution is 2.16. The van der Waals surface area contributed by atoms with Gasteiger partial charge in [-0.15, -0.1) is 0 Å². The maximum atomic E-state index is 11.5. The highest BCUT2D eigenvalue weighted by Gasteiger charge is 2.19. The van der Waals surface area contributed by atoms with E-state index in [1.165, 1.54) is 7.11 Å². The molecule has 0 aliphatic carbocycles. The zero-order valence-electron chi connectivity index (χ0n) is 10.9. The van der Waals surface area contributed by atoms with Crippen LogP contribution < -0.4 is 5.73 Å². The summed E-state index contributed by atoms with van der Waals surface area (Å²) in [5.41, 5.74) is 6.13. The number of imidazole rings is 1. The van der Waals surface area contributed by atoms with Gasteiger partial charge in [0.25, 0.3) is 0 Å². The lowest BCUT2D eigenvalue weighted by atomic mass is 10.4. The van der Waals surface area contributed by atoms with Gasteiger partial charge in [0, 0.05) is 19.5 Å². The number of esters is 1. The fraction of sp³-hybridized carbons (Fsp3) is 0.636. The second-order valence-electron chi connectivity index (χ2n) is 4.06. The van der Waals surface area contributed by atoms with E-state index < -0.39 is 5.97 Å². The van der Waals surface area contributed by atoms with Gasteiger partial charge in [-0.25, -0.2) is 9.78 Å². The number of aromatic nitrogens is 2. The first-order valence-corrected chi connectivity index (χ1v) is 5.59. The molecule has 0 saturated carbocycles. The zero-order chi connectivity index (χ0) is 13.0. The number of hydrogen-bond donors (Lipinski definition) is 1. The number of nitrogens with zero attached hydrogens (tertiary/aromatic N) is 3. The van der Waals surface area contributed by atoms with E-state index in [9.17, 15) is 4.79 Å². The minimum atomic E-state index is -0.485. The molecule has 6 nitrogen and oxygen atoms in total. The molecule has 0 atom stereocenters. The standard InChI is InChI=1S/C11H20N4O2/c1-5-8-13-9(11(16)17-4)10(12)15(8)7-6-14(2)3/h5-7,12H2,1-4H3. The lowest BCUT2D eigenvalue weighted by Gasteiger charge is -2.13. The van der Waals surface area contributed by atoms with E-state index in [0.717, 1.165) is 18.8 Å². The average Bonchev–Trinajstić information content (AvgIpc) is 2.62. The topological polar surface area (TPSA) is 73.4 Å². The lowest BCUT2D eigenvalue weighted by Crippen LogP contribution is -2.20. The van der Waals surface area contributed by atoms with Gasteiger partial charge in [0.1, 0.15) is 11.6 Å². The van der Waals surface area contributed by atoms with Crippen molar-refractivity contribution in [1.82, 2.24) is 14.5 Å². The Morgan fingerprint density at radius 2 is 2.18 bits per heavy atom. The van der Waals surface area contributed by atoms with Crippen molar-refractivity contribution in [1.29, 1.82) is 0 Å². The van der Waals surface area contributed by atoms with Gasteiger partial charge in [-0.05, 0) is 14.1 Å². The Morgan fingerprint density at radius 3 is 2.65 bits per heavy atom. The van der Waals surface area contributed by atoms with Gasteiger partial charge in [-0.3, -0.25) is 0 Å². The molecule has 0 fully saturated rings. The Bertz CT molecular complexity index is 398. The summed E-state index contributed by atoms with van der Waals surface area (Å²) in [6, 6.07) is 0. The number of nitrogens with two attached hydrogens (primary N) is 1.